The van der Waals surface area contributed by atoms with Gasteiger partial charge in [0.25, 0.3) is 0 Å². The predicted octanol–water partition coefficient (Wildman–Crippen LogP) is 1.27. The van der Waals surface area contributed by atoms with Crippen molar-refractivity contribution in [1.82, 2.24) is 0 Å². The molecule has 0 aromatic rings. The zero-order valence-corrected chi connectivity index (χ0v) is 7.19. The van der Waals surface area contributed by atoms with Crippen molar-refractivity contribution in [2.24, 2.45) is 5.73 Å². The highest BCUT2D eigenvalue weighted by Gasteiger charge is 2.43. The minimum atomic E-state index is -2.60. The Labute approximate surface area is 70.8 Å². The monoisotopic (exact) mass is 179 g/mol. The van der Waals surface area contributed by atoms with Gasteiger partial charge in [-0.25, -0.2) is 8.78 Å². The molecule has 12 heavy (non-hydrogen) atoms. The van der Waals surface area contributed by atoms with Gasteiger partial charge in [0, 0.05) is 18.9 Å². The summed E-state index contributed by atoms with van der Waals surface area (Å²) in [6.07, 6.45) is -0.272. The molecule has 2 nitrogen and oxygen atoms in total. The van der Waals surface area contributed by atoms with E-state index in [2.05, 4.69) is 0 Å². The van der Waals surface area contributed by atoms with E-state index < -0.39 is 17.6 Å². The lowest BCUT2D eigenvalue weighted by Crippen LogP contribution is -2.50. The maximum absolute atomic E-state index is 12.7. The lowest BCUT2D eigenvalue weighted by molar-refractivity contribution is -0.110. The summed E-state index contributed by atoms with van der Waals surface area (Å²) in [5.74, 6) is -2.60. The standard InChI is InChI=1S/C8H15F2NO/c1-6(11)7(12)2-4-8(9,10)5-3-7/h6,12H,2-5,11H2,1H3. The van der Waals surface area contributed by atoms with Crippen LogP contribution in [0.3, 0.4) is 0 Å². The van der Waals surface area contributed by atoms with Crippen molar-refractivity contribution in [2.45, 2.75) is 50.2 Å². The van der Waals surface area contributed by atoms with Gasteiger partial charge >= 0.3 is 0 Å². The van der Waals surface area contributed by atoms with Crippen molar-refractivity contribution in [1.29, 1.82) is 0 Å². The smallest absolute Gasteiger partial charge is 0.248 e. The van der Waals surface area contributed by atoms with Gasteiger partial charge in [-0.3, -0.25) is 0 Å². The van der Waals surface area contributed by atoms with Crippen molar-refractivity contribution >= 4 is 0 Å². The molecule has 0 radical (unpaired) electrons. The van der Waals surface area contributed by atoms with Crippen LogP contribution in [0.2, 0.25) is 0 Å². The van der Waals surface area contributed by atoms with Gasteiger partial charge in [-0.2, -0.15) is 0 Å². The van der Waals surface area contributed by atoms with Crippen LogP contribution in [0.5, 0.6) is 0 Å². The van der Waals surface area contributed by atoms with Gasteiger partial charge in [-0.15, -0.1) is 0 Å². The lowest BCUT2D eigenvalue weighted by atomic mass is 9.79. The van der Waals surface area contributed by atoms with Crippen LogP contribution >= 0.6 is 0 Å². The van der Waals surface area contributed by atoms with E-state index in [1.165, 1.54) is 0 Å². The summed E-state index contributed by atoms with van der Waals surface area (Å²) in [6, 6.07) is -0.423. The Hall–Kier alpha value is -0.220. The minimum Gasteiger partial charge on any atom is -0.388 e. The molecule has 0 bridgehead atoms. The summed E-state index contributed by atoms with van der Waals surface area (Å²) in [5.41, 5.74) is 4.43. The topological polar surface area (TPSA) is 46.2 Å². The fourth-order valence-corrected chi connectivity index (χ4v) is 1.50. The molecule has 3 N–H and O–H groups in total. The molecule has 1 aliphatic rings. The molecule has 0 heterocycles. The Morgan fingerprint density at radius 3 is 2.00 bits per heavy atom. The van der Waals surface area contributed by atoms with Crippen molar-refractivity contribution in [3.05, 3.63) is 0 Å². The molecular weight excluding hydrogens is 164 g/mol. The quantitative estimate of drug-likeness (QED) is 0.636. The van der Waals surface area contributed by atoms with Crippen LogP contribution in [-0.2, 0) is 0 Å². The molecule has 1 saturated carbocycles. The van der Waals surface area contributed by atoms with Crippen LogP contribution in [0.1, 0.15) is 32.6 Å². The molecule has 0 aromatic carbocycles. The van der Waals surface area contributed by atoms with Gasteiger partial charge in [0.05, 0.1) is 5.60 Å². The molecular formula is C8H15F2NO. The first-order valence-corrected chi connectivity index (χ1v) is 4.22. The number of nitrogens with two attached hydrogens (primary N) is 1. The molecule has 4 heteroatoms. The second-order valence-corrected chi connectivity index (χ2v) is 3.75. The highest BCUT2D eigenvalue weighted by Crippen LogP contribution is 2.39. The van der Waals surface area contributed by atoms with E-state index in [4.69, 9.17) is 5.73 Å². The zero-order valence-electron chi connectivity index (χ0n) is 7.19. The second-order valence-electron chi connectivity index (χ2n) is 3.75. The zero-order chi connectivity index (χ0) is 9.41. The van der Waals surface area contributed by atoms with Gasteiger partial charge in [0.15, 0.2) is 0 Å². The first-order chi connectivity index (χ1) is 5.36. The van der Waals surface area contributed by atoms with Crippen molar-refractivity contribution in [3.63, 3.8) is 0 Å². The van der Waals surface area contributed by atoms with Crippen LogP contribution in [0, 0.1) is 0 Å². The Bertz CT molecular complexity index is 160. The Morgan fingerprint density at radius 2 is 1.67 bits per heavy atom. The number of alkyl halides is 2. The van der Waals surface area contributed by atoms with Crippen LogP contribution < -0.4 is 5.73 Å². The maximum Gasteiger partial charge on any atom is 0.248 e. The number of hydrogen-bond donors (Lipinski definition) is 2. The van der Waals surface area contributed by atoms with Gasteiger partial charge in [-0.05, 0) is 19.8 Å². The number of halogens is 2. The van der Waals surface area contributed by atoms with E-state index in [1.807, 2.05) is 0 Å². The number of rotatable bonds is 1. The van der Waals surface area contributed by atoms with Crippen molar-refractivity contribution in [3.8, 4) is 0 Å². The van der Waals surface area contributed by atoms with Crippen LogP contribution in [-0.4, -0.2) is 22.7 Å². The molecule has 0 aromatic heterocycles. The molecule has 0 aliphatic heterocycles. The fourth-order valence-electron chi connectivity index (χ4n) is 1.50. The Morgan fingerprint density at radius 1 is 1.25 bits per heavy atom. The third kappa shape index (κ3) is 1.93. The number of hydrogen-bond acceptors (Lipinski definition) is 2. The van der Waals surface area contributed by atoms with E-state index in [9.17, 15) is 13.9 Å². The maximum atomic E-state index is 12.7. The molecule has 1 atom stereocenters. The van der Waals surface area contributed by atoms with Gasteiger partial charge < -0.3 is 10.8 Å². The van der Waals surface area contributed by atoms with E-state index in [1.54, 1.807) is 6.92 Å². The fraction of sp³-hybridized carbons (Fsp3) is 1.00. The first-order valence-electron chi connectivity index (χ1n) is 4.22. The number of aliphatic hydroxyl groups is 1. The predicted molar refractivity (Wildman–Crippen MR) is 42.0 cm³/mol. The summed E-state index contributed by atoms with van der Waals surface area (Å²) in [5, 5.41) is 9.72. The molecule has 72 valence electrons. The largest absolute Gasteiger partial charge is 0.388 e. The third-order valence-electron chi connectivity index (χ3n) is 2.69. The SMILES string of the molecule is CC(N)C1(O)CCC(F)(F)CC1. The summed E-state index contributed by atoms with van der Waals surface area (Å²) >= 11 is 0. The third-order valence-corrected chi connectivity index (χ3v) is 2.69. The van der Waals surface area contributed by atoms with E-state index >= 15 is 0 Å². The average Bonchev–Trinajstić information content (AvgIpc) is 1.96. The van der Waals surface area contributed by atoms with Gasteiger partial charge in [0.1, 0.15) is 0 Å². The van der Waals surface area contributed by atoms with Gasteiger partial charge in [0.2, 0.25) is 5.92 Å². The van der Waals surface area contributed by atoms with E-state index in [-0.39, 0.29) is 25.7 Å². The second kappa shape index (κ2) is 2.92. The molecule has 1 rings (SSSR count). The molecule has 0 saturated heterocycles. The van der Waals surface area contributed by atoms with Crippen LogP contribution in [0.4, 0.5) is 8.78 Å². The molecule has 1 fully saturated rings. The van der Waals surface area contributed by atoms with E-state index in [0.717, 1.165) is 0 Å². The van der Waals surface area contributed by atoms with Crippen molar-refractivity contribution in [2.75, 3.05) is 0 Å². The highest BCUT2D eigenvalue weighted by molar-refractivity contribution is 4.93. The molecule has 1 unspecified atom stereocenters. The Balaban J connectivity index is 2.55. The average molecular weight is 179 g/mol. The molecule has 0 spiro atoms. The molecule has 0 amide bonds. The minimum absolute atomic E-state index is 0.109. The van der Waals surface area contributed by atoms with Crippen LogP contribution in [0.25, 0.3) is 0 Å². The van der Waals surface area contributed by atoms with Crippen LogP contribution in [0.15, 0.2) is 0 Å². The highest BCUT2D eigenvalue weighted by atomic mass is 19.3. The lowest BCUT2D eigenvalue weighted by Gasteiger charge is -2.38. The Kier molecular flexibility index (Phi) is 2.40. The normalized spacial score (nSPS) is 29.8. The first kappa shape index (κ1) is 9.86. The van der Waals surface area contributed by atoms with E-state index in [0.29, 0.717) is 0 Å². The summed E-state index contributed by atoms with van der Waals surface area (Å²) < 4.78 is 25.3. The molecule has 1 aliphatic carbocycles. The summed E-state index contributed by atoms with van der Waals surface area (Å²) in [7, 11) is 0. The summed E-state index contributed by atoms with van der Waals surface area (Å²) in [6.45, 7) is 1.66. The van der Waals surface area contributed by atoms with Gasteiger partial charge in [-0.1, -0.05) is 0 Å². The summed E-state index contributed by atoms with van der Waals surface area (Å²) in [4.78, 5) is 0. The van der Waals surface area contributed by atoms with Crippen molar-refractivity contribution < 1.29 is 13.9 Å².